The summed E-state index contributed by atoms with van der Waals surface area (Å²) in [6, 6.07) is -0.154. The quantitative estimate of drug-likeness (QED) is 0.714. The van der Waals surface area contributed by atoms with E-state index in [1.165, 1.54) is 0 Å². The average molecular weight is 269 g/mol. The van der Waals surface area contributed by atoms with Crippen molar-refractivity contribution in [2.24, 2.45) is 5.92 Å². The SMILES string of the molecule is C=CC.CC.CC(=O)C1CCCCN1C(=O)C(C)C. The number of piperidine rings is 1. The fourth-order valence-corrected chi connectivity index (χ4v) is 1.95. The molecular formula is C16H31NO2. The summed E-state index contributed by atoms with van der Waals surface area (Å²) in [5, 5.41) is 0. The predicted molar refractivity (Wildman–Crippen MR) is 82.1 cm³/mol. The zero-order valence-corrected chi connectivity index (χ0v) is 13.5. The van der Waals surface area contributed by atoms with Gasteiger partial charge in [0.1, 0.15) is 0 Å². The molecule has 1 aliphatic rings. The maximum Gasteiger partial charge on any atom is 0.225 e. The normalized spacial score (nSPS) is 17.6. The first-order valence-electron chi connectivity index (χ1n) is 7.33. The molecule has 0 aromatic rings. The van der Waals surface area contributed by atoms with E-state index in [0.717, 1.165) is 25.8 Å². The van der Waals surface area contributed by atoms with E-state index < -0.39 is 0 Å². The molecule has 1 amide bonds. The Hall–Kier alpha value is -1.12. The van der Waals surface area contributed by atoms with Crippen LogP contribution in [0.4, 0.5) is 0 Å². The smallest absolute Gasteiger partial charge is 0.225 e. The number of amides is 1. The molecule has 3 heteroatoms. The first kappa shape index (κ1) is 20.2. The molecule has 1 heterocycles. The van der Waals surface area contributed by atoms with Crippen LogP contribution in [0.1, 0.15) is 60.8 Å². The van der Waals surface area contributed by atoms with Gasteiger partial charge in [-0.05, 0) is 33.1 Å². The van der Waals surface area contributed by atoms with Gasteiger partial charge in [-0.2, -0.15) is 0 Å². The minimum Gasteiger partial charge on any atom is -0.332 e. The molecule has 0 aromatic carbocycles. The van der Waals surface area contributed by atoms with Gasteiger partial charge >= 0.3 is 0 Å². The van der Waals surface area contributed by atoms with E-state index >= 15 is 0 Å². The third-order valence-electron chi connectivity index (χ3n) is 2.75. The summed E-state index contributed by atoms with van der Waals surface area (Å²) in [4.78, 5) is 24.9. The Morgan fingerprint density at radius 2 is 1.74 bits per heavy atom. The molecule has 1 rings (SSSR count). The zero-order chi connectivity index (χ0) is 15.4. The lowest BCUT2D eigenvalue weighted by molar-refractivity contribution is -0.143. The Morgan fingerprint density at radius 3 is 2.11 bits per heavy atom. The largest absolute Gasteiger partial charge is 0.332 e. The highest BCUT2D eigenvalue weighted by atomic mass is 16.2. The van der Waals surface area contributed by atoms with Crippen LogP contribution in [0.25, 0.3) is 0 Å². The third kappa shape index (κ3) is 7.81. The predicted octanol–water partition coefficient (Wildman–Crippen LogP) is 3.83. The van der Waals surface area contributed by atoms with Gasteiger partial charge in [-0.15, -0.1) is 6.58 Å². The molecule has 19 heavy (non-hydrogen) atoms. The molecule has 0 radical (unpaired) electrons. The molecule has 1 saturated heterocycles. The molecule has 0 aliphatic carbocycles. The topological polar surface area (TPSA) is 37.4 Å². The molecular weight excluding hydrogens is 238 g/mol. The Kier molecular flexibility index (Phi) is 12.7. The lowest BCUT2D eigenvalue weighted by Crippen LogP contribution is -2.48. The second-order valence-electron chi connectivity index (χ2n) is 4.72. The second-order valence-corrected chi connectivity index (χ2v) is 4.72. The van der Waals surface area contributed by atoms with Crippen molar-refractivity contribution < 1.29 is 9.59 Å². The fraction of sp³-hybridized carbons (Fsp3) is 0.750. The average Bonchev–Trinajstić information content (AvgIpc) is 2.41. The Balaban J connectivity index is 0. The highest BCUT2D eigenvalue weighted by Gasteiger charge is 2.30. The molecule has 3 nitrogen and oxygen atoms in total. The first-order valence-corrected chi connectivity index (χ1v) is 7.33. The summed E-state index contributed by atoms with van der Waals surface area (Å²) in [6.45, 7) is 15.3. The van der Waals surface area contributed by atoms with Gasteiger partial charge in [0.15, 0.2) is 5.78 Å². The molecule has 0 spiro atoms. The van der Waals surface area contributed by atoms with E-state index in [4.69, 9.17) is 0 Å². The molecule has 0 N–H and O–H groups in total. The van der Waals surface area contributed by atoms with Crippen LogP contribution in [0.15, 0.2) is 12.7 Å². The second kappa shape index (κ2) is 11.9. The van der Waals surface area contributed by atoms with Gasteiger partial charge in [0.25, 0.3) is 0 Å². The monoisotopic (exact) mass is 269 g/mol. The van der Waals surface area contributed by atoms with Crippen LogP contribution in [-0.4, -0.2) is 29.2 Å². The lowest BCUT2D eigenvalue weighted by atomic mass is 9.97. The van der Waals surface area contributed by atoms with E-state index in [0.29, 0.717) is 0 Å². The van der Waals surface area contributed by atoms with Gasteiger partial charge in [0.05, 0.1) is 6.04 Å². The number of Topliss-reactive ketones (excluding diaryl/α,β-unsaturated/α-hetero) is 1. The van der Waals surface area contributed by atoms with Crippen molar-refractivity contribution in [3.8, 4) is 0 Å². The summed E-state index contributed by atoms with van der Waals surface area (Å²) >= 11 is 0. The molecule has 1 atom stereocenters. The number of likely N-dealkylation sites (tertiary alicyclic amines) is 1. The maximum absolute atomic E-state index is 11.8. The van der Waals surface area contributed by atoms with Gasteiger partial charge in [-0.1, -0.05) is 33.8 Å². The van der Waals surface area contributed by atoms with Crippen LogP contribution in [0.5, 0.6) is 0 Å². The van der Waals surface area contributed by atoms with E-state index in [9.17, 15) is 9.59 Å². The highest BCUT2D eigenvalue weighted by Crippen LogP contribution is 2.19. The van der Waals surface area contributed by atoms with Crippen LogP contribution < -0.4 is 0 Å². The van der Waals surface area contributed by atoms with Crippen LogP contribution in [-0.2, 0) is 9.59 Å². The van der Waals surface area contributed by atoms with Gasteiger partial charge in [-0.25, -0.2) is 0 Å². The molecule has 1 aliphatic heterocycles. The number of rotatable bonds is 2. The molecule has 0 aromatic heterocycles. The van der Waals surface area contributed by atoms with Gasteiger partial charge in [-0.3, -0.25) is 9.59 Å². The van der Waals surface area contributed by atoms with E-state index in [1.54, 1.807) is 17.9 Å². The van der Waals surface area contributed by atoms with Gasteiger partial charge in [0.2, 0.25) is 5.91 Å². The minimum atomic E-state index is -0.154. The first-order chi connectivity index (χ1) is 8.95. The number of hydrogen-bond donors (Lipinski definition) is 0. The van der Waals surface area contributed by atoms with Crippen LogP contribution in [0, 0.1) is 5.92 Å². The van der Waals surface area contributed by atoms with Crippen LogP contribution in [0.3, 0.4) is 0 Å². The maximum atomic E-state index is 11.8. The number of carbonyl (C=O) groups is 2. The zero-order valence-electron chi connectivity index (χ0n) is 13.5. The number of hydrogen-bond acceptors (Lipinski definition) is 2. The molecule has 1 unspecified atom stereocenters. The van der Waals surface area contributed by atoms with Crippen molar-refractivity contribution in [2.45, 2.75) is 66.8 Å². The summed E-state index contributed by atoms with van der Waals surface area (Å²) in [7, 11) is 0. The van der Waals surface area contributed by atoms with Crippen molar-refractivity contribution in [3.63, 3.8) is 0 Å². The van der Waals surface area contributed by atoms with Crippen molar-refractivity contribution in [2.75, 3.05) is 6.54 Å². The molecule has 112 valence electrons. The summed E-state index contributed by atoms with van der Waals surface area (Å²) in [6.07, 6.45) is 4.68. The van der Waals surface area contributed by atoms with Crippen molar-refractivity contribution in [3.05, 3.63) is 12.7 Å². The van der Waals surface area contributed by atoms with Crippen molar-refractivity contribution in [1.82, 2.24) is 4.90 Å². The number of allylic oxidation sites excluding steroid dienone is 1. The molecule has 0 saturated carbocycles. The van der Waals surface area contributed by atoms with E-state index in [1.807, 2.05) is 34.6 Å². The highest BCUT2D eigenvalue weighted by molar-refractivity contribution is 5.88. The molecule has 1 fully saturated rings. The number of nitrogens with zero attached hydrogens (tertiary/aromatic N) is 1. The van der Waals surface area contributed by atoms with Crippen LogP contribution in [0.2, 0.25) is 0 Å². The Labute approximate surface area is 119 Å². The van der Waals surface area contributed by atoms with Crippen molar-refractivity contribution >= 4 is 11.7 Å². The summed E-state index contributed by atoms with van der Waals surface area (Å²) < 4.78 is 0. The van der Waals surface area contributed by atoms with Crippen LogP contribution >= 0.6 is 0 Å². The summed E-state index contributed by atoms with van der Waals surface area (Å²) in [5.41, 5.74) is 0. The Morgan fingerprint density at radius 1 is 1.26 bits per heavy atom. The minimum absolute atomic E-state index is 0.00468. The lowest BCUT2D eigenvalue weighted by Gasteiger charge is -2.35. The van der Waals surface area contributed by atoms with Crippen molar-refractivity contribution in [1.29, 1.82) is 0 Å². The van der Waals surface area contributed by atoms with Gasteiger partial charge in [0, 0.05) is 12.5 Å². The van der Waals surface area contributed by atoms with E-state index in [2.05, 4.69) is 6.58 Å². The Bertz CT molecular complexity index is 272. The standard InChI is InChI=1S/C11H19NO2.C3H6.C2H6/c1-8(2)11(14)12-7-5-4-6-10(12)9(3)13;1-3-2;1-2/h8,10H,4-7H2,1-3H3;3H,1H2,2H3;1-2H3. The summed E-state index contributed by atoms with van der Waals surface area (Å²) in [5.74, 6) is 0.235. The molecule has 0 bridgehead atoms. The van der Waals surface area contributed by atoms with Gasteiger partial charge < -0.3 is 4.90 Å². The van der Waals surface area contributed by atoms with E-state index in [-0.39, 0.29) is 23.7 Å². The third-order valence-corrected chi connectivity index (χ3v) is 2.75. The fourth-order valence-electron chi connectivity index (χ4n) is 1.95. The number of carbonyl (C=O) groups excluding carboxylic acids is 2. The number of ketones is 1.